The van der Waals surface area contributed by atoms with Crippen LogP contribution in [0.3, 0.4) is 0 Å². The van der Waals surface area contributed by atoms with E-state index in [0.29, 0.717) is 6.42 Å². The smallest absolute Gasteiger partial charge is 0.323 e. The Balaban J connectivity index is 4.46. The number of carboxylic acid groups (broad SMARTS) is 1. The minimum atomic E-state index is -3.48. The topological polar surface area (TPSA) is 104 Å². The van der Waals surface area contributed by atoms with Crippen LogP contribution in [0.2, 0.25) is 0 Å². The molecule has 1 atom stereocenters. The van der Waals surface area contributed by atoms with Gasteiger partial charge in [-0.05, 0) is 13.3 Å². The average Bonchev–Trinajstić information content (AvgIpc) is 2.14. The molecule has 0 aromatic rings. The van der Waals surface area contributed by atoms with E-state index in [1.807, 2.05) is 0 Å². The number of hydrogen-bond acceptors (Lipinski definition) is 4. The Bertz CT molecular complexity index is 379. The minimum absolute atomic E-state index is 0.0622. The largest absolute Gasteiger partial charge is 0.480 e. The van der Waals surface area contributed by atoms with Gasteiger partial charge in [-0.15, -0.1) is 0 Å². The fraction of sp³-hybridized carbons (Fsp3) is 0.778. The molecule has 0 aliphatic heterocycles. The summed E-state index contributed by atoms with van der Waals surface area (Å²) in [5, 5.41) is 8.50. The molecule has 0 saturated heterocycles. The molecule has 17 heavy (non-hydrogen) atoms. The van der Waals surface area contributed by atoms with Crippen LogP contribution >= 0.6 is 0 Å². The molecule has 100 valence electrons. The van der Waals surface area contributed by atoms with E-state index in [-0.39, 0.29) is 5.75 Å². The van der Waals surface area contributed by atoms with E-state index in [1.54, 1.807) is 6.92 Å². The van der Waals surface area contributed by atoms with Crippen LogP contribution in [0.1, 0.15) is 20.3 Å². The van der Waals surface area contributed by atoms with Crippen LogP contribution in [0.5, 0.6) is 0 Å². The van der Waals surface area contributed by atoms with Crippen molar-refractivity contribution in [2.24, 2.45) is 0 Å². The summed E-state index contributed by atoms with van der Waals surface area (Å²) >= 11 is 0. The lowest BCUT2D eigenvalue weighted by Gasteiger charge is -2.20. The van der Waals surface area contributed by atoms with E-state index >= 15 is 0 Å². The number of carboxylic acids is 1. The molecule has 1 unspecified atom stereocenters. The number of hydrogen-bond donors (Lipinski definition) is 2. The van der Waals surface area contributed by atoms with Gasteiger partial charge in [0.05, 0.1) is 11.8 Å². The molecule has 2 N–H and O–H groups in total. The number of sulfonamides is 1. The third-order valence-electron chi connectivity index (χ3n) is 1.95. The maximum atomic E-state index is 11.6. The molecule has 0 bridgehead atoms. The van der Waals surface area contributed by atoms with Gasteiger partial charge in [0.25, 0.3) is 0 Å². The average molecular weight is 266 g/mol. The van der Waals surface area contributed by atoms with Gasteiger partial charge in [0.1, 0.15) is 6.54 Å². The molecule has 1 amide bonds. The van der Waals surface area contributed by atoms with Crippen LogP contribution in [-0.2, 0) is 19.6 Å². The van der Waals surface area contributed by atoms with Crippen LogP contribution in [0.25, 0.3) is 0 Å². The molecule has 0 heterocycles. The fourth-order valence-corrected chi connectivity index (χ4v) is 2.55. The summed E-state index contributed by atoms with van der Waals surface area (Å²) in [6.45, 7) is 2.63. The number of amides is 1. The van der Waals surface area contributed by atoms with Crippen LogP contribution in [0.15, 0.2) is 0 Å². The number of carbonyl (C=O) groups excluding carboxylic acids is 1. The Labute approximate surface area is 101 Å². The van der Waals surface area contributed by atoms with Crippen LogP contribution in [-0.4, -0.2) is 55.7 Å². The summed E-state index contributed by atoms with van der Waals surface area (Å²) < 4.78 is 25.0. The Morgan fingerprint density at radius 2 is 1.94 bits per heavy atom. The Morgan fingerprint density at radius 1 is 1.41 bits per heavy atom. The van der Waals surface area contributed by atoms with E-state index in [9.17, 15) is 18.0 Å². The molecule has 0 aromatic carbocycles. The van der Waals surface area contributed by atoms with Crippen molar-refractivity contribution in [3.05, 3.63) is 0 Å². The van der Waals surface area contributed by atoms with Gasteiger partial charge in [-0.25, -0.2) is 13.1 Å². The molecule has 8 heteroatoms. The molecule has 0 rings (SSSR count). The van der Waals surface area contributed by atoms with Gasteiger partial charge in [-0.2, -0.15) is 0 Å². The van der Waals surface area contributed by atoms with Crippen LogP contribution < -0.4 is 4.72 Å². The van der Waals surface area contributed by atoms with E-state index < -0.39 is 34.5 Å². The third kappa shape index (κ3) is 6.22. The van der Waals surface area contributed by atoms with Crippen molar-refractivity contribution in [2.45, 2.75) is 26.3 Å². The lowest BCUT2D eigenvalue weighted by molar-refractivity contribution is -0.143. The molecule has 0 saturated carbocycles. The van der Waals surface area contributed by atoms with E-state index in [1.165, 1.54) is 14.0 Å². The first-order valence-corrected chi connectivity index (χ1v) is 6.81. The zero-order valence-corrected chi connectivity index (χ0v) is 11.0. The van der Waals surface area contributed by atoms with Crippen molar-refractivity contribution in [3.8, 4) is 0 Å². The molecule has 0 aliphatic rings. The van der Waals surface area contributed by atoms with Gasteiger partial charge in [0.2, 0.25) is 15.9 Å². The first-order valence-electron chi connectivity index (χ1n) is 5.16. The van der Waals surface area contributed by atoms with E-state index in [2.05, 4.69) is 4.72 Å². The zero-order chi connectivity index (χ0) is 13.6. The Morgan fingerprint density at radius 3 is 2.35 bits per heavy atom. The highest BCUT2D eigenvalue weighted by atomic mass is 32.2. The number of rotatable bonds is 7. The molecular formula is C9H18N2O5S. The summed E-state index contributed by atoms with van der Waals surface area (Å²) in [4.78, 5) is 22.9. The number of nitrogens with one attached hydrogen (secondary N) is 1. The monoisotopic (exact) mass is 266 g/mol. The number of carbonyl (C=O) groups is 2. The number of aliphatic carboxylic acids is 1. The van der Waals surface area contributed by atoms with Gasteiger partial charge in [0.15, 0.2) is 0 Å². The first kappa shape index (κ1) is 15.9. The third-order valence-corrected chi connectivity index (χ3v) is 3.61. The SMILES string of the molecule is CCCS(=O)(=O)NC(C)C(=O)N(C)CC(=O)O. The van der Waals surface area contributed by atoms with Gasteiger partial charge in [-0.1, -0.05) is 6.92 Å². The highest BCUT2D eigenvalue weighted by Gasteiger charge is 2.23. The second kappa shape index (κ2) is 6.55. The molecule has 0 fully saturated rings. The summed E-state index contributed by atoms with van der Waals surface area (Å²) in [7, 11) is -2.18. The first-order chi connectivity index (χ1) is 7.69. The van der Waals surface area contributed by atoms with Gasteiger partial charge >= 0.3 is 5.97 Å². The minimum Gasteiger partial charge on any atom is -0.480 e. The second-order valence-electron chi connectivity index (χ2n) is 3.75. The summed E-state index contributed by atoms with van der Waals surface area (Å²) in [5.74, 6) is -1.79. The molecule has 0 radical (unpaired) electrons. The molecular weight excluding hydrogens is 248 g/mol. The van der Waals surface area contributed by atoms with Gasteiger partial charge < -0.3 is 10.0 Å². The van der Waals surface area contributed by atoms with Crippen molar-refractivity contribution in [3.63, 3.8) is 0 Å². The zero-order valence-electron chi connectivity index (χ0n) is 10.1. The predicted molar refractivity (Wildman–Crippen MR) is 61.9 cm³/mol. The maximum Gasteiger partial charge on any atom is 0.323 e. The van der Waals surface area contributed by atoms with E-state index in [4.69, 9.17) is 5.11 Å². The molecule has 0 aromatic heterocycles. The quantitative estimate of drug-likeness (QED) is 0.631. The van der Waals surface area contributed by atoms with E-state index in [0.717, 1.165) is 4.90 Å². The molecule has 7 nitrogen and oxygen atoms in total. The lowest BCUT2D eigenvalue weighted by Crippen LogP contribution is -2.47. The van der Waals surface area contributed by atoms with Crippen molar-refractivity contribution >= 4 is 21.9 Å². The van der Waals surface area contributed by atoms with Crippen molar-refractivity contribution < 1.29 is 23.1 Å². The normalized spacial score (nSPS) is 13.1. The fourth-order valence-electron chi connectivity index (χ4n) is 1.26. The predicted octanol–water partition coefficient (Wildman–Crippen LogP) is -0.753. The molecule has 0 aliphatic carbocycles. The second-order valence-corrected chi connectivity index (χ2v) is 5.62. The van der Waals surface area contributed by atoms with Gasteiger partial charge in [-0.3, -0.25) is 9.59 Å². The lowest BCUT2D eigenvalue weighted by atomic mass is 10.3. The summed E-state index contributed by atoms with van der Waals surface area (Å²) in [6.07, 6.45) is 0.446. The molecule has 0 spiro atoms. The number of nitrogens with zero attached hydrogens (tertiary/aromatic N) is 1. The summed E-state index contributed by atoms with van der Waals surface area (Å²) in [6, 6.07) is -0.962. The van der Waals surface area contributed by atoms with Crippen molar-refractivity contribution in [1.29, 1.82) is 0 Å². The van der Waals surface area contributed by atoms with Crippen LogP contribution in [0, 0.1) is 0 Å². The van der Waals surface area contributed by atoms with Crippen molar-refractivity contribution in [2.75, 3.05) is 19.3 Å². The highest BCUT2D eigenvalue weighted by molar-refractivity contribution is 7.89. The highest BCUT2D eigenvalue weighted by Crippen LogP contribution is 1.96. The number of likely N-dealkylation sites (N-methyl/N-ethyl adjacent to an activating group) is 1. The Kier molecular flexibility index (Phi) is 6.11. The standard InChI is InChI=1S/C9H18N2O5S/c1-4-5-17(15,16)10-7(2)9(14)11(3)6-8(12)13/h7,10H,4-6H2,1-3H3,(H,12,13). The van der Waals surface area contributed by atoms with Crippen LogP contribution in [0.4, 0.5) is 0 Å². The van der Waals surface area contributed by atoms with Gasteiger partial charge in [0, 0.05) is 7.05 Å². The summed E-state index contributed by atoms with van der Waals surface area (Å²) in [5.41, 5.74) is 0. The Hall–Kier alpha value is -1.15. The van der Waals surface area contributed by atoms with Crippen molar-refractivity contribution in [1.82, 2.24) is 9.62 Å². The maximum absolute atomic E-state index is 11.6.